The predicted molar refractivity (Wildman–Crippen MR) is 206 cm³/mol. The molecular weight excluding hydrogens is 772 g/mol. The number of aryl methyl sites for hydroxylation is 1. The lowest BCUT2D eigenvalue weighted by Gasteiger charge is -2.21. The number of pyridine rings is 2. The zero-order chi connectivity index (χ0) is 38.7. The molecule has 17 heteroatoms. The number of aromatic nitrogens is 2. The zero-order valence-electron chi connectivity index (χ0n) is 30.0. The molecule has 0 bridgehead atoms. The van der Waals surface area contributed by atoms with Gasteiger partial charge < -0.3 is 21.3 Å². The third kappa shape index (κ3) is 14.3. The van der Waals surface area contributed by atoms with E-state index in [-0.39, 0.29) is 22.9 Å². The van der Waals surface area contributed by atoms with Crippen molar-refractivity contribution in [1.29, 1.82) is 0 Å². The summed E-state index contributed by atoms with van der Waals surface area (Å²) in [5.41, 5.74) is 1.57. The van der Waals surface area contributed by atoms with E-state index >= 15 is 0 Å². The lowest BCUT2D eigenvalue weighted by Crippen LogP contribution is -2.40. The van der Waals surface area contributed by atoms with Crippen LogP contribution >= 0.6 is 15.9 Å². The highest BCUT2D eigenvalue weighted by molar-refractivity contribution is 9.10. The van der Waals surface area contributed by atoms with Crippen LogP contribution in [0.3, 0.4) is 0 Å². The summed E-state index contributed by atoms with van der Waals surface area (Å²) in [4.78, 5) is 32.5. The maximum atomic E-state index is 12.6. The van der Waals surface area contributed by atoms with Crippen LogP contribution in [-0.4, -0.2) is 49.9 Å². The van der Waals surface area contributed by atoms with E-state index in [4.69, 9.17) is 0 Å². The first-order chi connectivity index (χ1) is 24.1. The molecule has 4 rings (SSSR count). The van der Waals surface area contributed by atoms with Crippen molar-refractivity contribution < 1.29 is 26.4 Å². The quantitative estimate of drug-likeness (QED) is 0.111. The van der Waals surface area contributed by atoms with Gasteiger partial charge in [0.15, 0.2) is 0 Å². The van der Waals surface area contributed by atoms with E-state index in [2.05, 4.69) is 56.6 Å². The topological polar surface area (TPSA) is 200 Å². The average molecular weight is 818 g/mol. The van der Waals surface area contributed by atoms with Gasteiger partial charge in [0.05, 0.1) is 34.3 Å². The largest absolute Gasteiger partial charge is 0.332 e. The van der Waals surface area contributed by atoms with Gasteiger partial charge in [0.25, 0.3) is 0 Å². The lowest BCUT2D eigenvalue weighted by molar-refractivity contribution is 0.251. The fourth-order valence-electron chi connectivity index (χ4n) is 4.37. The molecule has 2 aromatic heterocycles. The Kier molecular flexibility index (Phi) is 14.4. The van der Waals surface area contributed by atoms with Crippen molar-refractivity contribution >= 4 is 59.4 Å². The standard InChI is InChI=1S/C18H24N4O3S.C17H21BrN4O3S/c1-13-8-9-14(11-16(13)26(24,25)22-18(2,3)4)21-17(23)20-12-15-7-5-6-10-19-15;1-17(2,3)22-26(24,25)15-10-12(7-8-14(15)18)21-16(23)20-11-13-6-4-5-9-19-13/h5-11,22H,12H2,1-4H3,(H2,20,21,23);4-10,22H,11H2,1-3H3,(H2,20,21,23). The molecule has 2 heterocycles. The highest BCUT2D eigenvalue weighted by Crippen LogP contribution is 2.27. The lowest BCUT2D eigenvalue weighted by atomic mass is 10.1. The second-order valence-corrected chi connectivity index (χ2v) is 17.7. The molecule has 280 valence electrons. The van der Waals surface area contributed by atoms with Gasteiger partial charge in [-0.25, -0.2) is 35.9 Å². The number of carbonyl (C=O) groups is 2. The number of sulfonamides is 2. The van der Waals surface area contributed by atoms with Crippen LogP contribution in [0.25, 0.3) is 0 Å². The number of anilines is 2. The van der Waals surface area contributed by atoms with Crippen LogP contribution in [0.15, 0.2) is 99.5 Å². The maximum Gasteiger partial charge on any atom is 0.319 e. The van der Waals surface area contributed by atoms with Gasteiger partial charge in [-0.1, -0.05) is 18.2 Å². The van der Waals surface area contributed by atoms with Gasteiger partial charge >= 0.3 is 12.1 Å². The van der Waals surface area contributed by atoms with Gasteiger partial charge in [0.1, 0.15) is 0 Å². The maximum absolute atomic E-state index is 12.6. The van der Waals surface area contributed by atoms with Crippen molar-refractivity contribution in [1.82, 2.24) is 30.0 Å². The molecule has 0 aliphatic carbocycles. The Morgan fingerprint density at radius 1 is 0.635 bits per heavy atom. The molecule has 2 aromatic carbocycles. The molecule has 0 aliphatic rings. The molecule has 6 N–H and O–H groups in total. The van der Waals surface area contributed by atoms with Gasteiger partial charge in [0.2, 0.25) is 20.0 Å². The van der Waals surface area contributed by atoms with Crippen LogP contribution in [0, 0.1) is 6.92 Å². The van der Waals surface area contributed by atoms with E-state index in [0.717, 1.165) is 11.4 Å². The summed E-state index contributed by atoms with van der Waals surface area (Å²) < 4.78 is 55.8. The van der Waals surface area contributed by atoms with E-state index in [1.165, 1.54) is 12.1 Å². The average Bonchev–Trinajstić information content (AvgIpc) is 3.03. The van der Waals surface area contributed by atoms with Gasteiger partial charge in [-0.2, -0.15) is 0 Å². The van der Waals surface area contributed by atoms with Crippen molar-refractivity contribution in [3.8, 4) is 0 Å². The molecule has 0 unspecified atom stereocenters. The number of benzene rings is 2. The first-order valence-electron chi connectivity index (χ1n) is 16.0. The predicted octanol–water partition coefficient (Wildman–Crippen LogP) is 6.03. The van der Waals surface area contributed by atoms with Gasteiger partial charge in [0, 0.05) is 39.3 Å². The van der Waals surface area contributed by atoms with Crippen molar-refractivity contribution in [2.75, 3.05) is 10.6 Å². The zero-order valence-corrected chi connectivity index (χ0v) is 33.3. The number of nitrogens with zero attached hydrogens (tertiary/aromatic N) is 2. The van der Waals surface area contributed by atoms with E-state index in [1.807, 2.05) is 12.1 Å². The summed E-state index contributed by atoms with van der Waals surface area (Å²) in [5.74, 6) is 0. The molecule has 0 atom stereocenters. The molecule has 0 saturated carbocycles. The second-order valence-electron chi connectivity index (χ2n) is 13.6. The van der Waals surface area contributed by atoms with E-state index in [9.17, 15) is 26.4 Å². The minimum atomic E-state index is -3.74. The van der Waals surface area contributed by atoms with Crippen LogP contribution in [0.1, 0.15) is 58.5 Å². The second kappa shape index (κ2) is 17.9. The number of hydrogen-bond acceptors (Lipinski definition) is 8. The highest BCUT2D eigenvalue weighted by atomic mass is 79.9. The summed E-state index contributed by atoms with van der Waals surface area (Å²) in [6.45, 7) is 12.8. The smallest absolute Gasteiger partial charge is 0.319 e. The number of rotatable bonds is 10. The fourth-order valence-corrected chi connectivity index (χ4v) is 8.47. The number of hydrogen-bond donors (Lipinski definition) is 6. The Balaban J connectivity index is 0.000000280. The number of carbonyl (C=O) groups excluding carboxylic acids is 2. The molecule has 4 amide bonds. The van der Waals surface area contributed by atoms with Crippen LogP contribution < -0.4 is 30.7 Å². The number of halogens is 1. The third-order valence-electron chi connectivity index (χ3n) is 6.41. The third-order valence-corrected chi connectivity index (χ3v) is 11.1. The van der Waals surface area contributed by atoms with Crippen molar-refractivity contribution in [3.05, 3.63) is 107 Å². The van der Waals surface area contributed by atoms with Gasteiger partial charge in [-0.3, -0.25) is 9.97 Å². The minimum absolute atomic E-state index is 0.0509. The fraction of sp³-hybridized carbons (Fsp3) is 0.314. The monoisotopic (exact) mass is 816 g/mol. The Hall–Kier alpha value is -4.42. The Morgan fingerprint density at radius 3 is 1.48 bits per heavy atom. The summed E-state index contributed by atoms with van der Waals surface area (Å²) in [7, 11) is -7.43. The van der Waals surface area contributed by atoms with Crippen molar-refractivity contribution in [2.24, 2.45) is 0 Å². The number of amides is 4. The van der Waals surface area contributed by atoms with Crippen LogP contribution in [0.2, 0.25) is 0 Å². The first kappa shape index (κ1) is 42.0. The normalized spacial score (nSPS) is 11.8. The number of nitrogens with one attached hydrogen (secondary N) is 6. The molecule has 4 aromatic rings. The van der Waals surface area contributed by atoms with E-state index < -0.39 is 43.2 Å². The number of urea groups is 2. The summed E-state index contributed by atoms with van der Waals surface area (Å²) >= 11 is 3.25. The van der Waals surface area contributed by atoms with Gasteiger partial charge in [-0.15, -0.1) is 0 Å². The van der Waals surface area contributed by atoms with E-state index in [1.54, 1.807) is 109 Å². The Morgan fingerprint density at radius 2 is 1.06 bits per heavy atom. The Bertz CT molecular complexity index is 1910. The molecule has 0 saturated heterocycles. The van der Waals surface area contributed by atoms with Gasteiger partial charge in [-0.05, 0) is 125 Å². The summed E-state index contributed by atoms with van der Waals surface area (Å²) in [5, 5.41) is 10.6. The molecule has 52 heavy (non-hydrogen) atoms. The van der Waals surface area contributed by atoms with Crippen LogP contribution in [0.5, 0.6) is 0 Å². The molecule has 14 nitrogen and oxygen atoms in total. The molecule has 0 radical (unpaired) electrons. The SMILES string of the molecule is CC(C)(C)NS(=O)(=O)c1cc(NC(=O)NCc2ccccn2)ccc1Br.Cc1ccc(NC(=O)NCc2ccccn2)cc1S(=O)(=O)NC(C)(C)C. The highest BCUT2D eigenvalue weighted by Gasteiger charge is 2.25. The van der Waals surface area contributed by atoms with Crippen LogP contribution in [0.4, 0.5) is 21.0 Å². The van der Waals surface area contributed by atoms with Crippen molar-refractivity contribution in [3.63, 3.8) is 0 Å². The summed E-state index contributed by atoms with van der Waals surface area (Å²) in [6.07, 6.45) is 3.29. The Labute approximate surface area is 314 Å². The first-order valence-corrected chi connectivity index (χ1v) is 19.8. The molecule has 0 aliphatic heterocycles. The summed E-state index contributed by atoms with van der Waals surface area (Å²) in [6, 6.07) is 19.3. The minimum Gasteiger partial charge on any atom is -0.332 e. The molecule has 0 spiro atoms. The van der Waals surface area contributed by atoms with Crippen molar-refractivity contribution in [2.45, 2.75) is 82.4 Å². The molecule has 0 fully saturated rings. The van der Waals surface area contributed by atoms with E-state index in [0.29, 0.717) is 21.4 Å². The molecular formula is C35H45BrN8O6S2. The van der Waals surface area contributed by atoms with Crippen LogP contribution in [-0.2, 0) is 33.1 Å².